The number of rotatable bonds is 2. The van der Waals surface area contributed by atoms with Crippen molar-refractivity contribution in [2.75, 3.05) is 0 Å². The minimum Gasteiger partial charge on any atom is -0.478 e. The molecule has 0 spiro atoms. The molecule has 0 radical (unpaired) electrons. The van der Waals surface area contributed by atoms with E-state index in [-0.39, 0.29) is 16.7 Å². The van der Waals surface area contributed by atoms with E-state index >= 15 is 0 Å². The number of halogens is 2. The number of nitrogens with zero attached hydrogens (tertiary/aromatic N) is 2. The normalized spacial score (nSPS) is 8.87. The Bertz CT molecular complexity index is 836. The summed E-state index contributed by atoms with van der Waals surface area (Å²) in [6, 6.07) is 9.89. The van der Waals surface area contributed by atoms with Gasteiger partial charge in [0.15, 0.2) is 0 Å². The third kappa shape index (κ3) is 4.73. The van der Waals surface area contributed by atoms with E-state index in [1.807, 2.05) is 0 Å². The van der Waals surface area contributed by atoms with Gasteiger partial charge in [0.2, 0.25) is 0 Å². The number of aldehydes is 1. The van der Waals surface area contributed by atoms with Crippen molar-refractivity contribution in [3.05, 3.63) is 70.3 Å². The first-order chi connectivity index (χ1) is 10.9. The van der Waals surface area contributed by atoms with Crippen LogP contribution in [0.25, 0.3) is 0 Å². The monoisotopic (exact) mass is 314 g/mol. The van der Waals surface area contributed by atoms with Crippen LogP contribution in [0.1, 0.15) is 31.8 Å². The van der Waals surface area contributed by atoms with Crippen LogP contribution in [0, 0.1) is 34.3 Å². The Balaban J connectivity index is 0.000000231. The topological polar surface area (TPSA) is 102 Å². The standard InChI is InChI=1S/C8H4FNO2.C8H4FNO/c9-7-2-1-5(8(11)12)3-6(7)4-10;9-8-2-1-6(5-11)3-7(8)4-10/h1-3H,(H,11,12);1-3,5H. The molecule has 0 heterocycles. The lowest BCUT2D eigenvalue weighted by molar-refractivity contribution is 0.0696. The molecule has 7 heteroatoms. The quantitative estimate of drug-likeness (QED) is 0.859. The lowest BCUT2D eigenvalue weighted by atomic mass is 10.1. The Morgan fingerprint density at radius 2 is 1.52 bits per heavy atom. The summed E-state index contributed by atoms with van der Waals surface area (Å²) in [5.74, 6) is -2.48. The molecule has 2 aromatic rings. The average Bonchev–Trinajstić information content (AvgIpc) is 2.56. The fourth-order valence-electron chi connectivity index (χ4n) is 1.45. The highest BCUT2D eigenvalue weighted by Crippen LogP contribution is 2.09. The molecule has 0 saturated heterocycles. The van der Waals surface area contributed by atoms with E-state index in [2.05, 4.69) is 0 Å². The Kier molecular flexibility index (Phi) is 6.08. The van der Waals surface area contributed by atoms with Crippen molar-refractivity contribution in [2.45, 2.75) is 0 Å². The summed E-state index contributed by atoms with van der Waals surface area (Å²) in [4.78, 5) is 20.5. The van der Waals surface area contributed by atoms with Crippen molar-refractivity contribution in [1.29, 1.82) is 10.5 Å². The van der Waals surface area contributed by atoms with E-state index in [1.54, 1.807) is 12.1 Å². The van der Waals surface area contributed by atoms with Gasteiger partial charge < -0.3 is 5.11 Å². The second-order valence-electron chi connectivity index (χ2n) is 4.08. The van der Waals surface area contributed by atoms with Crippen molar-refractivity contribution in [1.82, 2.24) is 0 Å². The minimum atomic E-state index is -1.17. The maximum atomic E-state index is 12.6. The molecule has 0 aromatic heterocycles. The number of hydrogen-bond donors (Lipinski definition) is 1. The van der Waals surface area contributed by atoms with Crippen molar-refractivity contribution in [2.24, 2.45) is 0 Å². The van der Waals surface area contributed by atoms with Crippen LogP contribution >= 0.6 is 0 Å². The highest BCUT2D eigenvalue weighted by Gasteiger charge is 2.06. The van der Waals surface area contributed by atoms with Gasteiger partial charge >= 0.3 is 5.97 Å². The molecule has 0 bridgehead atoms. The van der Waals surface area contributed by atoms with Gasteiger partial charge in [0.05, 0.1) is 16.7 Å². The number of carboxylic acid groups (broad SMARTS) is 1. The summed E-state index contributed by atoms with van der Waals surface area (Å²) in [5, 5.41) is 25.1. The second kappa shape index (κ2) is 8.01. The van der Waals surface area contributed by atoms with E-state index in [1.165, 1.54) is 12.1 Å². The lowest BCUT2D eigenvalue weighted by Crippen LogP contribution is -1.97. The number of hydrogen-bond acceptors (Lipinski definition) is 4. The van der Waals surface area contributed by atoms with Gasteiger partial charge in [-0.3, -0.25) is 4.79 Å². The highest BCUT2D eigenvalue weighted by atomic mass is 19.1. The summed E-state index contributed by atoms with van der Waals surface area (Å²) in [7, 11) is 0. The molecule has 0 aliphatic heterocycles. The second-order valence-corrected chi connectivity index (χ2v) is 4.08. The van der Waals surface area contributed by atoms with Crippen molar-refractivity contribution in [3.63, 3.8) is 0 Å². The Hall–Kier alpha value is -3.58. The van der Waals surface area contributed by atoms with Gasteiger partial charge in [-0.05, 0) is 36.4 Å². The molecule has 0 unspecified atom stereocenters. The number of carbonyl (C=O) groups excluding carboxylic acids is 1. The average molecular weight is 314 g/mol. The van der Waals surface area contributed by atoms with E-state index in [9.17, 15) is 18.4 Å². The number of nitriles is 2. The summed E-state index contributed by atoms with van der Waals surface area (Å²) in [6.07, 6.45) is 0.570. The van der Waals surface area contributed by atoms with Crippen LogP contribution in [0.5, 0.6) is 0 Å². The molecular formula is C16H8F2N2O3. The third-order valence-corrected chi connectivity index (χ3v) is 2.58. The Labute approximate surface area is 129 Å². The molecule has 114 valence electrons. The van der Waals surface area contributed by atoms with Crippen molar-refractivity contribution < 1.29 is 23.5 Å². The SMILES string of the molecule is N#Cc1cc(C(=O)O)ccc1F.N#Cc1cc(C=O)ccc1F. The van der Waals surface area contributed by atoms with Crippen LogP contribution in [0.3, 0.4) is 0 Å². The fraction of sp³-hybridized carbons (Fsp3) is 0. The van der Waals surface area contributed by atoms with Gasteiger partial charge in [-0.15, -0.1) is 0 Å². The van der Waals surface area contributed by atoms with Gasteiger partial charge in [0.1, 0.15) is 30.1 Å². The Morgan fingerprint density at radius 3 is 2.00 bits per heavy atom. The zero-order valence-electron chi connectivity index (χ0n) is 11.5. The number of carboxylic acids is 1. The molecule has 0 aliphatic rings. The molecule has 0 aliphatic carbocycles. The minimum absolute atomic E-state index is 0.0899. The molecule has 5 nitrogen and oxygen atoms in total. The number of carbonyl (C=O) groups is 2. The van der Waals surface area contributed by atoms with Gasteiger partial charge in [-0.1, -0.05) is 0 Å². The molecule has 0 fully saturated rings. The van der Waals surface area contributed by atoms with Crippen LogP contribution in [0.2, 0.25) is 0 Å². The van der Waals surface area contributed by atoms with E-state index < -0.39 is 17.6 Å². The third-order valence-electron chi connectivity index (χ3n) is 2.58. The predicted molar refractivity (Wildman–Crippen MR) is 74.6 cm³/mol. The number of aromatic carboxylic acids is 1. The molecule has 0 amide bonds. The van der Waals surface area contributed by atoms with Crippen LogP contribution in [-0.4, -0.2) is 17.4 Å². The molecule has 2 rings (SSSR count). The first kappa shape index (κ1) is 17.5. The zero-order chi connectivity index (χ0) is 17.4. The van der Waals surface area contributed by atoms with E-state index in [0.717, 1.165) is 24.3 Å². The number of benzene rings is 2. The van der Waals surface area contributed by atoms with Crippen LogP contribution in [0.4, 0.5) is 8.78 Å². The molecular weight excluding hydrogens is 306 g/mol. The molecule has 0 atom stereocenters. The van der Waals surface area contributed by atoms with Gasteiger partial charge in [0, 0.05) is 5.56 Å². The van der Waals surface area contributed by atoms with Crippen LogP contribution in [0.15, 0.2) is 36.4 Å². The summed E-state index contributed by atoms with van der Waals surface area (Å²) in [6.45, 7) is 0. The Morgan fingerprint density at radius 1 is 1.00 bits per heavy atom. The summed E-state index contributed by atoms with van der Waals surface area (Å²) in [5.41, 5.74) is -0.139. The van der Waals surface area contributed by atoms with Gasteiger partial charge in [0.25, 0.3) is 0 Å². The molecule has 23 heavy (non-hydrogen) atoms. The molecule has 0 saturated carbocycles. The first-order valence-electron chi connectivity index (χ1n) is 6.00. The van der Waals surface area contributed by atoms with Crippen molar-refractivity contribution in [3.8, 4) is 12.1 Å². The van der Waals surface area contributed by atoms with Gasteiger partial charge in [-0.2, -0.15) is 10.5 Å². The lowest BCUT2D eigenvalue weighted by Gasteiger charge is -1.95. The fourth-order valence-corrected chi connectivity index (χ4v) is 1.45. The molecule has 1 N–H and O–H groups in total. The first-order valence-corrected chi connectivity index (χ1v) is 6.00. The van der Waals surface area contributed by atoms with Crippen LogP contribution in [-0.2, 0) is 0 Å². The largest absolute Gasteiger partial charge is 0.478 e. The van der Waals surface area contributed by atoms with Crippen molar-refractivity contribution >= 4 is 12.3 Å². The van der Waals surface area contributed by atoms with Crippen LogP contribution < -0.4 is 0 Å². The van der Waals surface area contributed by atoms with Gasteiger partial charge in [-0.25, -0.2) is 13.6 Å². The molecule has 2 aromatic carbocycles. The maximum Gasteiger partial charge on any atom is 0.335 e. The predicted octanol–water partition coefficient (Wildman–Crippen LogP) is 2.91. The zero-order valence-corrected chi connectivity index (χ0v) is 11.5. The van der Waals surface area contributed by atoms with E-state index in [0.29, 0.717) is 11.8 Å². The van der Waals surface area contributed by atoms with E-state index in [4.69, 9.17) is 15.6 Å². The smallest absolute Gasteiger partial charge is 0.335 e. The highest BCUT2D eigenvalue weighted by molar-refractivity contribution is 5.88. The maximum absolute atomic E-state index is 12.6. The summed E-state index contributed by atoms with van der Waals surface area (Å²) >= 11 is 0. The summed E-state index contributed by atoms with van der Waals surface area (Å²) < 4.78 is 25.2.